The van der Waals surface area contributed by atoms with Crippen LogP contribution in [-0.4, -0.2) is 45.7 Å². The summed E-state index contributed by atoms with van der Waals surface area (Å²) in [5.41, 5.74) is 0. The fourth-order valence-corrected chi connectivity index (χ4v) is 1.79. The van der Waals surface area contributed by atoms with Gasteiger partial charge in [0.1, 0.15) is 0 Å². The van der Waals surface area contributed by atoms with Crippen molar-refractivity contribution in [3.8, 4) is 12.1 Å². The lowest BCUT2D eigenvalue weighted by molar-refractivity contribution is -0.131. The van der Waals surface area contributed by atoms with Gasteiger partial charge in [0.05, 0.1) is 12.1 Å². The lowest BCUT2D eigenvalue weighted by Gasteiger charge is -2.14. The predicted molar refractivity (Wildman–Crippen MR) is 86.0 cm³/mol. The van der Waals surface area contributed by atoms with Crippen molar-refractivity contribution in [3.05, 3.63) is 0 Å². The summed E-state index contributed by atoms with van der Waals surface area (Å²) >= 11 is 0. The first-order chi connectivity index (χ1) is 10.8. The van der Waals surface area contributed by atoms with E-state index >= 15 is 0 Å². The van der Waals surface area contributed by atoms with Gasteiger partial charge in [0.2, 0.25) is 0 Å². The first-order valence-corrected chi connectivity index (χ1v) is 8.19. The van der Waals surface area contributed by atoms with E-state index in [9.17, 15) is 0 Å². The number of rotatable bonds is 16. The maximum Gasteiger partial charge on any atom is 0.154 e. The second-order valence-electron chi connectivity index (χ2n) is 5.04. The molecule has 0 heterocycles. The Morgan fingerprint density at radius 3 is 1.64 bits per heavy atom. The van der Waals surface area contributed by atoms with Gasteiger partial charge in [-0.2, -0.15) is 10.5 Å². The van der Waals surface area contributed by atoms with Gasteiger partial charge in [-0.05, 0) is 45.7 Å². The summed E-state index contributed by atoms with van der Waals surface area (Å²) in [6.07, 6.45) is 5.06. The maximum atomic E-state index is 8.38. The molecule has 0 aliphatic carbocycles. The fraction of sp³-hybridized carbons (Fsp3) is 0.875. The zero-order valence-corrected chi connectivity index (χ0v) is 13.8. The number of nitriles is 2. The van der Waals surface area contributed by atoms with Gasteiger partial charge in [-0.25, -0.2) is 0 Å². The lowest BCUT2D eigenvalue weighted by Crippen LogP contribution is -2.19. The molecule has 0 unspecified atom stereocenters. The van der Waals surface area contributed by atoms with Crippen LogP contribution in [-0.2, 0) is 9.47 Å². The Balaban J connectivity index is 3.15. The SMILES string of the molecule is CC(OCCCCNCCC#N)OCCCCNCCC#N. The zero-order chi connectivity index (χ0) is 16.3. The van der Waals surface area contributed by atoms with Crippen LogP contribution in [0.15, 0.2) is 0 Å². The molecule has 0 atom stereocenters. The lowest BCUT2D eigenvalue weighted by atomic mass is 10.3. The monoisotopic (exact) mass is 310 g/mol. The molecule has 2 N–H and O–H groups in total. The van der Waals surface area contributed by atoms with Crippen LogP contribution < -0.4 is 10.6 Å². The highest BCUT2D eigenvalue weighted by atomic mass is 16.7. The minimum absolute atomic E-state index is 0.155. The highest BCUT2D eigenvalue weighted by Crippen LogP contribution is 1.99. The summed E-state index contributed by atoms with van der Waals surface area (Å²) in [6.45, 7) is 6.73. The van der Waals surface area contributed by atoms with Crippen molar-refractivity contribution in [2.24, 2.45) is 0 Å². The number of ether oxygens (including phenoxy) is 2. The van der Waals surface area contributed by atoms with Crippen molar-refractivity contribution in [3.63, 3.8) is 0 Å². The van der Waals surface area contributed by atoms with Crippen molar-refractivity contribution in [1.82, 2.24) is 10.6 Å². The van der Waals surface area contributed by atoms with E-state index < -0.39 is 0 Å². The third-order valence-electron chi connectivity index (χ3n) is 3.03. The van der Waals surface area contributed by atoms with Crippen LogP contribution in [0.3, 0.4) is 0 Å². The molecular weight excluding hydrogens is 280 g/mol. The molecule has 0 saturated heterocycles. The van der Waals surface area contributed by atoms with Crippen LogP contribution in [0.5, 0.6) is 0 Å². The first kappa shape index (κ1) is 20.8. The Kier molecular flexibility index (Phi) is 16.9. The fourth-order valence-electron chi connectivity index (χ4n) is 1.79. The van der Waals surface area contributed by atoms with E-state index in [4.69, 9.17) is 20.0 Å². The average molecular weight is 310 g/mol. The quantitative estimate of drug-likeness (QED) is 0.334. The minimum Gasteiger partial charge on any atom is -0.353 e. The second-order valence-corrected chi connectivity index (χ2v) is 5.04. The highest BCUT2D eigenvalue weighted by molar-refractivity contribution is 4.70. The third-order valence-corrected chi connectivity index (χ3v) is 3.03. The zero-order valence-electron chi connectivity index (χ0n) is 13.8. The van der Waals surface area contributed by atoms with E-state index in [0.717, 1.165) is 51.9 Å². The summed E-state index contributed by atoms with van der Waals surface area (Å²) in [4.78, 5) is 0. The highest BCUT2D eigenvalue weighted by Gasteiger charge is 2.01. The summed E-state index contributed by atoms with van der Waals surface area (Å²) < 4.78 is 11.2. The Bertz CT molecular complexity index is 282. The van der Waals surface area contributed by atoms with E-state index in [1.165, 1.54) is 0 Å². The summed E-state index contributed by atoms with van der Waals surface area (Å²) in [5.74, 6) is 0. The van der Waals surface area contributed by atoms with E-state index in [-0.39, 0.29) is 6.29 Å². The van der Waals surface area contributed by atoms with Crippen LogP contribution in [0.2, 0.25) is 0 Å². The van der Waals surface area contributed by atoms with Gasteiger partial charge in [0.15, 0.2) is 6.29 Å². The number of hydrogen-bond donors (Lipinski definition) is 2. The number of hydrogen-bond acceptors (Lipinski definition) is 6. The normalized spacial score (nSPS) is 10.5. The standard InChI is InChI=1S/C16H30N4O2/c1-16(21-14-4-2-10-19-12-6-8-17)22-15-5-3-11-20-13-7-9-18/h16,19-20H,2-7,10-15H2,1H3. The number of unbranched alkanes of at least 4 members (excludes halogenated alkanes) is 2. The average Bonchev–Trinajstić information content (AvgIpc) is 2.52. The van der Waals surface area contributed by atoms with Crippen LogP contribution in [0, 0.1) is 22.7 Å². The molecule has 0 radical (unpaired) electrons. The molecular formula is C16H30N4O2. The van der Waals surface area contributed by atoms with E-state index in [2.05, 4.69) is 22.8 Å². The van der Waals surface area contributed by atoms with E-state index in [0.29, 0.717) is 26.1 Å². The Labute approximate surface area is 134 Å². The molecule has 0 aromatic carbocycles. The molecule has 0 saturated carbocycles. The van der Waals surface area contributed by atoms with Crippen molar-refractivity contribution < 1.29 is 9.47 Å². The van der Waals surface area contributed by atoms with Gasteiger partial charge in [-0.1, -0.05) is 0 Å². The van der Waals surface area contributed by atoms with E-state index in [1.54, 1.807) is 0 Å². The summed E-state index contributed by atoms with van der Waals surface area (Å²) in [5, 5.41) is 23.2. The molecule has 0 spiro atoms. The largest absolute Gasteiger partial charge is 0.353 e. The van der Waals surface area contributed by atoms with Crippen LogP contribution in [0.4, 0.5) is 0 Å². The number of nitrogens with zero attached hydrogens (tertiary/aromatic N) is 2. The Hall–Kier alpha value is -1.18. The molecule has 0 bridgehead atoms. The molecule has 22 heavy (non-hydrogen) atoms. The Morgan fingerprint density at radius 1 is 0.773 bits per heavy atom. The molecule has 0 fully saturated rings. The molecule has 0 aliphatic heterocycles. The summed E-state index contributed by atoms with van der Waals surface area (Å²) in [6, 6.07) is 4.21. The third kappa shape index (κ3) is 16.9. The molecule has 0 amide bonds. The van der Waals surface area contributed by atoms with Gasteiger partial charge in [-0.3, -0.25) is 0 Å². The molecule has 0 rings (SSSR count). The molecule has 6 nitrogen and oxygen atoms in total. The van der Waals surface area contributed by atoms with Gasteiger partial charge >= 0.3 is 0 Å². The van der Waals surface area contributed by atoms with Crippen molar-refractivity contribution in [2.75, 3.05) is 39.4 Å². The molecule has 0 aromatic rings. The second kappa shape index (κ2) is 17.9. The molecule has 0 aliphatic rings. The van der Waals surface area contributed by atoms with Gasteiger partial charge in [0, 0.05) is 39.1 Å². The smallest absolute Gasteiger partial charge is 0.154 e. The van der Waals surface area contributed by atoms with Gasteiger partial charge < -0.3 is 20.1 Å². The molecule has 6 heteroatoms. The summed E-state index contributed by atoms with van der Waals surface area (Å²) in [7, 11) is 0. The van der Waals surface area contributed by atoms with Crippen LogP contribution in [0.1, 0.15) is 45.4 Å². The topological polar surface area (TPSA) is 90.1 Å². The maximum absolute atomic E-state index is 8.38. The predicted octanol–water partition coefficient (Wildman–Crippen LogP) is 1.93. The van der Waals surface area contributed by atoms with Crippen LogP contribution in [0.25, 0.3) is 0 Å². The van der Waals surface area contributed by atoms with Crippen molar-refractivity contribution >= 4 is 0 Å². The van der Waals surface area contributed by atoms with Crippen molar-refractivity contribution in [1.29, 1.82) is 10.5 Å². The first-order valence-electron chi connectivity index (χ1n) is 8.19. The van der Waals surface area contributed by atoms with Gasteiger partial charge in [-0.15, -0.1) is 0 Å². The molecule has 0 aromatic heterocycles. The minimum atomic E-state index is -0.155. The van der Waals surface area contributed by atoms with Gasteiger partial charge in [0.25, 0.3) is 0 Å². The molecule has 126 valence electrons. The number of nitrogens with one attached hydrogen (secondary N) is 2. The van der Waals surface area contributed by atoms with Crippen LogP contribution >= 0.6 is 0 Å². The van der Waals surface area contributed by atoms with E-state index in [1.807, 2.05) is 6.92 Å². The Morgan fingerprint density at radius 2 is 1.23 bits per heavy atom. The van der Waals surface area contributed by atoms with Crippen molar-refractivity contribution in [2.45, 2.75) is 51.7 Å².